The normalized spacial score (nSPS) is 10.5. The maximum absolute atomic E-state index is 13.2. The third-order valence-corrected chi connectivity index (χ3v) is 5.68. The van der Waals surface area contributed by atoms with Crippen LogP contribution in [0.2, 0.25) is 5.02 Å². The summed E-state index contributed by atoms with van der Waals surface area (Å²) in [7, 11) is 1.29. The highest BCUT2D eigenvalue weighted by molar-refractivity contribution is 8.00. The smallest absolute Gasteiger partial charge is 0.373 e. The van der Waals surface area contributed by atoms with Gasteiger partial charge in [0.15, 0.2) is 9.45 Å². The summed E-state index contributed by atoms with van der Waals surface area (Å²) in [6, 6.07) is 7.45. The van der Waals surface area contributed by atoms with Gasteiger partial charge in [0.2, 0.25) is 10.9 Å². The van der Waals surface area contributed by atoms with Gasteiger partial charge in [-0.05, 0) is 42.5 Å². The van der Waals surface area contributed by atoms with Gasteiger partial charge in [0, 0.05) is 5.69 Å². The number of hydrogen-bond donors (Lipinski definition) is 2. The Labute approximate surface area is 177 Å². The van der Waals surface area contributed by atoms with E-state index in [1.165, 1.54) is 48.4 Å². The molecule has 3 aromatic rings. The number of rotatable bonds is 6. The Morgan fingerprint density at radius 1 is 1.36 bits per heavy atom. The number of furan rings is 1. The van der Waals surface area contributed by atoms with Gasteiger partial charge in [0.1, 0.15) is 11.6 Å². The van der Waals surface area contributed by atoms with Crippen LogP contribution in [0, 0.1) is 5.82 Å². The number of hydrogen-bond acceptors (Lipinski definition) is 8. The van der Waals surface area contributed by atoms with Crippen molar-refractivity contribution in [1.82, 2.24) is 10.2 Å². The number of thioether (sulfide) groups is 1. The highest BCUT2D eigenvalue weighted by atomic mass is 35.5. The Morgan fingerprint density at radius 2 is 2.18 bits per heavy atom. The first-order chi connectivity index (χ1) is 13.4. The predicted molar refractivity (Wildman–Crippen MR) is 111 cm³/mol. The maximum Gasteiger partial charge on any atom is 0.373 e. The second kappa shape index (κ2) is 9.32. The lowest BCUT2D eigenvalue weighted by Gasteiger charge is -2.08. The number of thiocarbonyl (C=S) groups is 1. The molecular weight excluding hydrogens is 447 g/mol. The molecule has 3 rings (SSSR count). The molecule has 2 heterocycles. The van der Waals surface area contributed by atoms with Crippen LogP contribution in [-0.4, -0.2) is 28.4 Å². The van der Waals surface area contributed by atoms with Crippen molar-refractivity contribution < 1.29 is 18.3 Å². The molecule has 0 aliphatic rings. The molecule has 0 spiro atoms. The minimum Gasteiger partial charge on any atom is -0.463 e. The molecule has 0 saturated heterocycles. The lowest BCUT2D eigenvalue weighted by atomic mass is 10.3. The number of anilines is 2. The molecule has 0 fully saturated rings. The highest BCUT2D eigenvalue weighted by Crippen LogP contribution is 2.29. The van der Waals surface area contributed by atoms with E-state index in [2.05, 4.69) is 25.6 Å². The molecule has 0 bridgehead atoms. The highest BCUT2D eigenvalue weighted by Gasteiger charge is 2.13. The molecule has 146 valence electrons. The van der Waals surface area contributed by atoms with E-state index in [9.17, 15) is 9.18 Å². The first-order valence-corrected chi connectivity index (χ1v) is 10.2. The largest absolute Gasteiger partial charge is 0.463 e. The maximum atomic E-state index is 13.2. The number of nitrogens with zero attached hydrogens (tertiary/aromatic N) is 2. The van der Waals surface area contributed by atoms with Gasteiger partial charge in [-0.3, -0.25) is 0 Å². The summed E-state index contributed by atoms with van der Waals surface area (Å²) < 4.78 is 23.9. The van der Waals surface area contributed by atoms with E-state index in [-0.39, 0.29) is 15.9 Å². The summed E-state index contributed by atoms with van der Waals surface area (Å²) in [6.07, 6.45) is 0. The van der Waals surface area contributed by atoms with Gasteiger partial charge in [-0.25, -0.2) is 9.18 Å². The van der Waals surface area contributed by atoms with Crippen LogP contribution in [0.4, 0.5) is 15.2 Å². The predicted octanol–water partition coefficient (Wildman–Crippen LogP) is 4.81. The van der Waals surface area contributed by atoms with Crippen molar-refractivity contribution in [3.05, 3.63) is 52.7 Å². The monoisotopic (exact) mass is 458 g/mol. The Kier molecular flexibility index (Phi) is 6.83. The molecule has 12 heteroatoms. The fourth-order valence-electron chi connectivity index (χ4n) is 1.95. The molecule has 2 N–H and O–H groups in total. The SMILES string of the molecule is COC(=O)c1ccc(CSc2nnc(NC(=S)Nc3ccc(F)c(Cl)c3)s2)o1. The molecule has 0 radical (unpaired) electrons. The van der Waals surface area contributed by atoms with Gasteiger partial charge in [0.25, 0.3) is 0 Å². The van der Waals surface area contributed by atoms with E-state index in [0.29, 0.717) is 26.7 Å². The summed E-state index contributed by atoms with van der Waals surface area (Å²) in [5.74, 6) is 0.201. The van der Waals surface area contributed by atoms with Gasteiger partial charge in [0.05, 0.1) is 17.9 Å². The number of methoxy groups -OCH3 is 1. The number of carbonyl (C=O) groups excluding carboxylic acids is 1. The van der Waals surface area contributed by atoms with E-state index in [1.54, 1.807) is 12.1 Å². The molecule has 28 heavy (non-hydrogen) atoms. The van der Waals surface area contributed by atoms with Crippen molar-refractivity contribution >= 4 is 68.8 Å². The molecule has 0 unspecified atom stereocenters. The van der Waals surface area contributed by atoms with Crippen LogP contribution in [0.15, 0.2) is 39.1 Å². The molecule has 0 saturated carbocycles. The fraction of sp³-hybridized carbons (Fsp3) is 0.125. The third kappa shape index (κ3) is 5.41. The van der Waals surface area contributed by atoms with Gasteiger partial charge in [-0.1, -0.05) is 34.7 Å². The van der Waals surface area contributed by atoms with Crippen LogP contribution in [0.25, 0.3) is 0 Å². The lowest BCUT2D eigenvalue weighted by molar-refractivity contribution is 0.0563. The van der Waals surface area contributed by atoms with Crippen molar-refractivity contribution in [2.24, 2.45) is 0 Å². The molecule has 7 nitrogen and oxygen atoms in total. The van der Waals surface area contributed by atoms with Crippen LogP contribution in [0.1, 0.15) is 16.3 Å². The van der Waals surface area contributed by atoms with Gasteiger partial charge >= 0.3 is 5.97 Å². The summed E-state index contributed by atoms with van der Waals surface area (Å²) in [6.45, 7) is 0. The number of halogens is 2. The number of ether oxygens (including phenoxy) is 1. The standard InChI is InChI=1S/C16H12ClFN4O3S3/c1-24-13(23)12-5-3-9(25-12)7-27-16-22-21-15(28-16)20-14(26)19-8-2-4-11(18)10(17)6-8/h2-6H,7H2,1H3,(H2,19,20,21,26). The molecule has 1 aromatic carbocycles. The van der Waals surface area contributed by atoms with E-state index in [4.69, 9.17) is 28.2 Å². The minimum absolute atomic E-state index is 0.00400. The van der Waals surface area contributed by atoms with Crippen molar-refractivity contribution in [2.45, 2.75) is 10.1 Å². The van der Waals surface area contributed by atoms with E-state index in [1.807, 2.05) is 0 Å². The van der Waals surface area contributed by atoms with Gasteiger partial charge < -0.3 is 19.8 Å². The quantitative estimate of drug-likeness (QED) is 0.306. The summed E-state index contributed by atoms with van der Waals surface area (Å²) in [5, 5.41) is 14.6. The van der Waals surface area contributed by atoms with Gasteiger partial charge in [-0.15, -0.1) is 10.2 Å². The number of carbonyl (C=O) groups is 1. The van der Waals surface area contributed by atoms with Crippen LogP contribution >= 0.6 is 46.9 Å². The molecule has 0 amide bonds. The molecular formula is C16H12ClFN4O3S3. The van der Waals surface area contributed by atoms with Crippen molar-refractivity contribution in [3.8, 4) is 0 Å². The second-order valence-electron chi connectivity index (χ2n) is 5.13. The molecule has 0 aliphatic heterocycles. The average molecular weight is 459 g/mol. The molecule has 0 atom stereocenters. The van der Waals surface area contributed by atoms with E-state index in [0.717, 1.165) is 0 Å². The van der Waals surface area contributed by atoms with E-state index >= 15 is 0 Å². The fourth-order valence-corrected chi connectivity index (χ4v) is 4.06. The van der Waals surface area contributed by atoms with Crippen LogP contribution in [0.5, 0.6) is 0 Å². The van der Waals surface area contributed by atoms with Gasteiger partial charge in [-0.2, -0.15) is 0 Å². The Bertz CT molecular complexity index is 1010. The zero-order chi connectivity index (χ0) is 20.1. The Morgan fingerprint density at radius 3 is 2.93 bits per heavy atom. The zero-order valence-corrected chi connectivity index (χ0v) is 17.4. The van der Waals surface area contributed by atoms with Crippen LogP contribution < -0.4 is 10.6 Å². The van der Waals surface area contributed by atoms with Crippen molar-refractivity contribution in [2.75, 3.05) is 17.7 Å². The Hall–Kier alpha value is -2.21. The minimum atomic E-state index is -0.526. The van der Waals surface area contributed by atoms with E-state index < -0.39 is 11.8 Å². The lowest BCUT2D eigenvalue weighted by Crippen LogP contribution is -2.18. The van der Waals surface area contributed by atoms with Crippen LogP contribution in [-0.2, 0) is 10.5 Å². The number of esters is 1. The van der Waals surface area contributed by atoms with Crippen LogP contribution in [0.3, 0.4) is 0 Å². The zero-order valence-electron chi connectivity index (χ0n) is 14.2. The molecule has 0 aliphatic carbocycles. The third-order valence-electron chi connectivity index (χ3n) is 3.19. The van der Waals surface area contributed by atoms with Crippen molar-refractivity contribution in [3.63, 3.8) is 0 Å². The Balaban J connectivity index is 1.52. The average Bonchev–Trinajstić information content (AvgIpc) is 3.32. The number of aromatic nitrogens is 2. The first-order valence-electron chi connectivity index (χ1n) is 7.61. The number of nitrogens with one attached hydrogen (secondary N) is 2. The topological polar surface area (TPSA) is 89.3 Å². The van der Waals surface area contributed by atoms with Crippen molar-refractivity contribution in [1.29, 1.82) is 0 Å². The summed E-state index contributed by atoms with van der Waals surface area (Å²) in [4.78, 5) is 11.4. The molecule has 2 aromatic heterocycles. The second-order valence-corrected chi connectivity index (χ2v) is 8.14. The summed E-state index contributed by atoms with van der Waals surface area (Å²) in [5.41, 5.74) is 0.544. The summed E-state index contributed by atoms with van der Waals surface area (Å²) >= 11 is 13.6. The number of benzene rings is 1. The first kappa shape index (κ1) is 20.5.